The number of aromatic nitrogens is 1. The molecule has 2 unspecified atom stereocenters. The van der Waals surface area contributed by atoms with Gasteiger partial charge in [-0.3, -0.25) is 0 Å². The number of fused-ring (bicyclic) bond motifs is 2. The summed E-state index contributed by atoms with van der Waals surface area (Å²) in [5.74, 6) is 6.52. The van der Waals surface area contributed by atoms with Gasteiger partial charge in [-0.1, -0.05) is 29.6 Å². The molecule has 2 atom stereocenters. The van der Waals surface area contributed by atoms with Gasteiger partial charge in [-0.25, -0.2) is 10.8 Å². The van der Waals surface area contributed by atoms with Crippen LogP contribution < -0.4 is 16.6 Å². The lowest BCUT2D eigenvalue weighted by Gasteiger charge is -2.47. The molecular weight excluding hydrogens is 309 g/mol. The summed E-state index contributed by atoms with van der Waals surface area (Å²) in [6, 6.07) is 3.39. The van der Waals surface area contributed by atoms with E-state index in [0.29, 0.717) is 39.8 Å². The Balaban J connectivity index is 1.75. The first kappa shape index (κ1) is 15.2. The molecule has 3 heterocycles. The normalized spacial score (nSPS) is 29.2. The number of hydrogen-bond acceptors (Lipinski definition) is 5. The van der Waals surface area contributed by atoms with Crippen LogP contribution in [0.15, 0.2) is 6.07 Å². The average molecular weight is 330 g/mol. The second-order valence-corrected chi connectivity index (χ2v) is 6.82. The number of nitrogens with one attached hydrogen (secondary N) is 2. The van der Waals surface area contributed by atoms with Crippen LogP contribution in [0.4, 0.5) is 11.6 Å². The maximum atomic E-state index is 6.24. The van der Waals surface area contributed by atoms with Gasteiger partial charge in [-0.2, -0.15) is 0 Å². The van der Waals surface area contributed by atoms with Gasteiger partial charge in [-0.05, 0) is 38.8 Å². The Bertz CT molecular complexity index is 510. The summed E-state index contributed by atoms with van der Waals surface area (Å²) < 4.78 is 0. The van der Waals surface area contributed by atoms with Crippen molar-refractivity contribution in [3.8, 4) is 0 Å². The van der Waals surface area contributed by atoms with Gasteiger partial charge in [-0.15, -0.1) is 0 Å². The quantitative estimate of drug-likeness (QED) is 0.587. The smallest absolute Gasteiger partial charge is 0.161 e. The number of hydrazine groups is 1. The molecule has 2 aliphatic heterocycles. The molecule has 0 radical (unpaired) electrons. The first-order chi connectivity index (χ1) is 10.1. The molecule has 2 aliphatic rings. The van der Waals surface area contributed by atoms with Gasteiger partial charge in [0.1, 0.15) is 5.82 Å². The number of nitrogens with zero attached hydrogens (tertiary/aromatic N) is 2. The highest BCUT2D eigenvalue weighted by atomic mass is 35.5. The first-order valence-corrected chi connectivity index (χ1v) is 8.15. The van der Waals surface area contributed by atoms with Crippen molar-refractivity contribution in [2.24, 2.45) is 5.84 Å². The zero-order valence-corrected chi connectivity index (χ0v) is 13.6. The van der Waals surface area contributed by atoms with Crippen LogP contribution in [0.2, 0.25) is 10.0 Å². The topological polar surface area (TPSA) is 66.2 Å². The third-order valence-electron chi connectivity index (χ3n) is 4.75. The Kier molecular flexibility index (Phi) is 4.45. The summed E-state index contributed by atoms with van der Waals surface area (Å²) in [5, 5.41) is 4.43. The third kappa shape index (κ3) is 3.06. The van der Waals surface area contributed by atoms with Gasteiger partial charge in [0.15, 0.2) is 5.82 Å². The lowest BCUT2D eigenvalue weighted by Crippen LogP contribution is -2.52. The van der Waals surface area contributed by atoms with E-state index in [4.69, 9.17) is 29.0 Å². The standard InChI is InChI=1S/C14H21Cl2N5/c1-21-9-3-2-4-10(21)6-8(5-9)18-13-11(15)7-12(16)14(19-13)20-17/h7-10H,2-6,17H2,1H3,(H2,18,19,20). The number of piperidine rings is 2. The minimum Gasteiger partial charge on any atom is -0.366 e. The van der Waals surface area contributed by atoms with E-state index in [9.17, 15) is 0 Å². The van der Waals surface area contributed by atoms with Gasteiger partial charge >= 0.3 is 0 Å². The number of hydrogen-bond donors (Lipinski definition) is 3. The molecule has 3 rings (SSSR count). The van der Waals surface area contributed by atoms with Crippen LogP contribution in [0.25, 0.3) is 0 Å². The maximum absolute atomic E-state index is 6.24. The van der Waals surface area contributed by atoms with Crippen molar-refractivity contribution in [3.05, 3.63) is 16.1 Å². The third-order valence-corrected chi connectivity index (χ3v) is 5.32. The van der Waals surface area contributed by atoms with Crippen LogP contribution in [0.5, 0.6) is 0 Å². The van der Waals surface area contributed by atoms with Crippen molar-refractivity contribution in [2.45, 2.75) is 50.2 Å². The van der Waals surface area contributed by atoms with E-state index in [1.165, 1.54) is 19.3 Å². The van der Waals surface area contributed by atoms with Crippen LogP contribution >= 0.6 is 23.2 Å². The van der Waals surface area contributed by atoms with Gasteiger partial charge in [0, 0.05) is 18.1 Å². The fourth-order valence-corrected chi connectivity index (χ4v) is 4.06. The molecule has 1 aromatic rings. The summed E-state index contributed by atoms with van der Waals surface area (Å²) in [7, 11) is 2.24. The summed E-state index contributed by atoms with van der Waals surface area (Å²) in [5.41, 5.74) is 2.50. The average Bonchev–Trinajstić information content (AvgIpc) is 2.43. The molecule has 0 spiro atoms. The minimum absolute atomic E-state index is 0.397. The number of nitrogen functional groups attached to an aromatic ring is 1. The molecule has 21 heavy (non-hydrogen) atoms. The highest BCUT2D eigenvalue weighted by Crippen LogP contribution is 2.35. The van der Waals surface area contributed by atoms with Crippen molar-refractivity contribution in [1.82, 2.24) is 9.88 Å². The van der Waals surface area contributed by atoms with E-state index in [0.717, 1.165) is 12.8 Å². The summed E-state index contributed by atoms with van der Waals surface area (Å²) >= 11 is 12.3. The Labute approximate surface area is 135 Å². The van der Waals surface area contributed by atoms with Crippen LogP contribution in [0, 0.1) is 0 Å². The second-order valence-electron chi connectivity index (χ2n) is 6.01. The van der Waals surface area contributed by atoms with Crippen LogP contribution in [0.3, 0.4) is 0 Å². The molecule has 5 nitrogen and oxygen atoms in total. The largest absolute Gasteiger partial charge is 0.366 e. The lowest BCUT2D eigenvalue weighted by molar-refractivity contribution is 0.0608. The van der Waals surface area contributed by atoms with Gasteiger partial charge < -0.3 is 15.6 Å². The molecule has 0 saturated carbocycles. The Morgan fingerprint density at radius 2 is 1.81 bits per heavy atom. The first-order valence-electron chi connectivity index (χ1n) is 7.39. The number of pyridine rings is 1. The highest BCUT2D eigenvalue weighted by molar-refractivity contribution is 6.37. The fourth-order valence-electron chi connectivity index (χ4n) is 3.60. The number of anilines is 2. The van der Waals surface area contributed by atoms with E-state index in [2.05, 4.69) is 27.7 Å². The molecule has 2 bridgehead atoms. The maximum Gasteiger partial charge on any atom is 0.161 e. The molecule has 0 amide bonds. The van der Waals surface area contributed by atoms with Gasteiger partial charge in [0.25, 0.3) is 0 Å². The molecule has 0 aliphatic carbocycles. The monoisotopic (exact) mass is 329 g/mol. The molecule has 2 fully saturated rings. The molecule has 0 aromatic carbocycles. The van der Waals surface area contributed by atoms with E-state index in [1.54, 1.807) is 6.07 Å². The van der Waals surface area contributed by atoms with Crippen LogP contribution in [-0.4, -0.2) is 35.1 Å². The number of nitrogens with two attached hydrogens (primary N) is 1. The van der Waals surface area contributed by atoms with Crippen LogP contribution in [0.1, 0.15) is 32.1 Å². The van der Waals surface area contributed by atoms with E-state index < -0.39 is 0 Å². The minimum atomic E-state index is 0.397. The SMILES string of the molecule is CN1C2CCCC1CC(Nc1nc(NN)c(Cl)cc1Cl)C2. The number of rotatable bonds is 3. The Morgan fingerprint density at radius 1 is 1.19 bits per heavy atom. The van der Waals surface area contributed by atoms with E-state index in [1.807, 2.05) is 0 Å². The molecule has 7 heteroatoms. The van der Waals surface area contributed by atoms with Crippen molar-refractivity contribution >= 4 is 34.8 Å². The van der Waals surface area contributed by atoms with Crippen LogP contribution in [-0.2, 0) is 0 Å². The van der Waals surface area contributed by atoms with E-state index in [-0.39, 0.29) is 0 Å². The molecular formula is C14H21Cl2N5. The summed E-state index contributed by atoms with van der Waals surface area (Å²) in [4.78, 5) is 6.91. The van der Waals surface area contributed by atoms with E-state index >= 15 is 0 Å². The Morgan fingerprint density at radius 3 is 2.43 bits per heavy atom. The summed E-state index contributed by atoms with van der Waals surface area (Å²) in [6.45, 7) is 0. The molecule has 1 aromatic heterocycles. The Hall–Kier alpha value is -0.750. The van der Waals surface area contributed by atoms with Gasteiger partial charge in [0.05, 0.1) is 10.0 Å². The van der Waals surface area contributed by atoms with Gasteiger partial charge in [0.2, 0.25) is 0 Å². The fraction of sp³-hybridized carbons (Fsp3) is 0.643. The zero-order valence-electron chi connectivity index (χ0n) is 12.1. The predicted octanol–water partition coefficient (Wildman–Crippen LogP) is 3.10. The van der Waals surface area contributed by atoms with Crippen molar-refractivity contribution in [1.29, 1.82) is 0 Å². The molecule has 116 valence electrons. The van der Waals surface area contributed by atoms with Crippen molar-refractivity contribution in [3.63, 3.8) is 0 Å². The highest BCUT2D eigenvalue weighted by Gasteiger charge is 2.36. The molecule has 4 N–H and O–H groups in total. The summed E-state index contributed by atoms with van der Waals surface area (Å²) in [6.07, 6.45) is 6.15. The van der Waals surface area contributed by atoms with Crippen molar-refractivity contribution < 1.29 is 0 Å². The second kappa shape index (κ2) is 6.16. The number of halogens is 2. The zero-order chi connectivity index (χ0) is 15.0. The lowest BCUT2D eigenvalue weighted by atomic mass is 9.82. The molecule has 2 saturated heterocycles. The van der Waals surface area contributed by atoms with Crippen molar-refractivity contribution in [2.75, 3.05) is 17.8 Å². The predicted molar refractivity (Wildman–Crippen MR) is 87.9 cm³/mol.